The van der Waals surface area contributed by atoms with Gasteiger partial charge in [-0.3, -0.25) is 14.4 Å². The summed E-state index contributed by atoms with van der Waals surface area (Å²) in [6.45, 7) is 1.91. The van der Waals surface area contributed by atoms with Crippen molar-refractivity contribution in [3.63, 3.8) is 0 Å². The number of carboxylic acid groups (broad SMARTS) is 1. The lowest BCUT2D eigenvalue weighted by atomic mass is 9.82. The molecule has 1 aliphatic rings. The fraction of sp³-hybridized carbons (Fsp3) is 0.389. The maximum Gasteiger partial charge on any atom is 0.307 e. The summed E-state index contributed by atoms with van der Waals surface area (Å²) < 4.78 is 0. The van der Waals surface area contributed by atoms with E-state index >= 15 is 0 Å². The number of halogens is 1. The normalized spacial score (nSPS) is 19.3. The van der Waals surface area contributed by atoms with Crippen molar-refractivity contribution in [3.05, 3.63) is 35.4 Å². The van der Waals surface area contributed by atoms with E-state index in [2.05, 4.69) is 10.6 Å². The van der Waals surface area contributed by atoms with Gasteiger partial charge in [-0.1, -0.05) is 30.7 Å². The Labute approximate surface area is 151 Å². The van der Waals surface area contributed by atoms with Gasteiger partial charge in [-0.2, -0.15) is 0 Å². The van der Waals surface area contributed by atoms with E-state index in [1.807, 2.05) is 13.0 Å². The summed E-state index contributed by atoms with van der Waals surface area (Å²) in [5.41, 5.74) is 0.871. The molecule has 2 atom stereocenters. The molecule has 0 aromatic heterocycles. The van der Waals surface area contributed by atoms with E-state index in [4.69, 9.17) is 11.6 Å². The van der Waals surface area contributed by atoms with Gasteiger partial charge >= 0.3 is 5.97 Å². The molecule has 0 fully saturated rings. The molecule has 25 heavy (non-hydrogen) atoms. The predicted octanol–water partition coefficient (Wildman–Crippen LogP) is 3.68. The van der Waals surface area contributed by atoms with Gasteiger partial charge in [0, 0.05) is 12.1 Å². The van der Waals surface area contributed by atoms with E-state index in [0.717, 1.165) is 6.42 Å². The van der Waals surface area contributed by atoms with Crippen LogP contribution < -0.4 is 10.6 Å². The Kier molecular flexibility index (Phi) is 6.58. The number of hydrogen-bond donors (Lipinski definition) is 3. The highest BCUT2D eigenvalue weighted by Crippen LogP contribution is 2.30. The first-order valence-corrected chi connectivity index (χ1v) is 8.58. The van der Waals surface area contributed by atoms with Gasteiger partial charge in [0.25, 0.3) is 0 Å². The van der Waals surface area contributed by atoms with Crippen molar-refractivity contribution in [1.29, 1.82) is 0 Å². The number of aliphatic carboxylic acids is 1. The van der Waals surface area contributed by atoms with Crippen LogP contribution in [0.4, 0.5) is 11.4 Å². The third-order valence-corrected chi connectivity index (χ3v) is 4.40. The number of anilines is 2. The molecule has 134 valence electrons. The van der Waals surface area contributed by atoms with Crippen molar-refractivity contribution >= 4 is 40.8 Å². The molecule has 0 aliphatic heterocycles. The van der Waals surface area contributed by atoms with Gasteiger partial charge < -0.3 is 15.7 Å². The SMILES string of the molecule is CCCC(=O)Nc1ccc(Cl)c(NC(=O)C2CC=CCC2C(=O)O)c1. The number of carbonyl (C=O) groups is 3. The predicted molar refractivity (Wildman–Crippen MR) is 96.6 cm³/mol. The summed E-state index contributed by atoms with van der Waals surface area (Å²) in [6, 6.07) is 4.80. The van der Waals surface area contributed by atoms with Crippen molar-refractivity contribution < 1.29 is 19.5 Å². The van der Waals surface area contributed by atoms with E-state index < -0.39 is 23.7 Å². The summed E-state index contributed by atoms with van der Waals surface area (Å²) in [4.78, 5) is 35.5. The van der Waals surface area contributed by atoms with Gasteiger partial charge in [-0.15, -0.1) is 0 Å². The first kappa shape index (κ1) is 19.0. The Bertz CT molecular complexity index is 702. The van der Waals surface area contributed by atoms with E-state index in [9.17, 15) is 19.5 Å². The van der Waals surface area contributed by atoms with E-state index in [1.54, 1.807) is 24.3 Å². The number of hydrogen-bond acceptors (Lipinski definition) is 3. The number of benzene rings is 1. The molecule has 0 radical (unpaired) electrons. The van der Waals surface area contributed by atoms with E-state index in [-0.39, 0.29) is 5.91 Å². The van der Waals surface area contributed by atoms with Crippen LogP contribution in [0.3, 0.4) is 0 Å². The molecule has 3 N–H and O–H groups in total. The molecule has 2 unspecified atom stereocenters. The Morgan fingerprint density at radius 2 is 1.84 bits per heavy atom. The lowest BCUT2D eigenvalue weighted by molar-refractivity contribution is -0.146. The van der Waals surface area contributed by atoms with Crippen molar-refractivity contribution in [1.82, 2.24) is 0 Å². The topological polar surface area (TPSA) is 95.5 Å². The van der Waals surface area contributed by atoms with Crippen LogP contribution in [-0.2, 0) is 14.4 Å². The summed E-state index contributed by atoms with van der Waals surface area (Å²) in [5, 5.41) is 15.0. The van der Waals surface area contributed by atoms with Crippen molar-refractivity contribution in [3.8, 4) is 0 Å². The number of amides is 2. The maximum absolute atomic E-state index is 12.5. The maximum atomic E-state index is 12.5. The second kappa shape index (κ2) is 8.67. The second-order valence-electron chi connectivity index (χ2n) is 5.98. The number of carboxylic acids is 1. The molecule has 0 saturated carbocycles. The Balaban J connectivity index is 2.13. The molecule has 1 aromatic carbocycles. The Hall–Kier alpha value is -2.34. The van der Waals surface area contributed by atoms with E-state index in [1.165, 1.54) is 0 Å². The van der Waals surface area contributed by atoms with Gasteiger partial charge in [0.2, 0.25) is 11.8 Å². The number of nitrogens with one attached hydrogen (secondary N) is 2. The molecule has 2 amide bonds. The largest absolute Gasteiger partial charge is 0.481 e. The van der Waals surface area contributed by atoms with Crippen molar-refractivity contribution in [2.75, 3.05) is 10.6 Å². The third kappa shape index (κ3) is 5.06. The lowest BCUT2D eigenvalue weighted by Gasteiger charge is -2.24. The molecule has 1 aliphatic carbocycles. The quantitative estimate of drug-likeness (QED) is 0.671. The number of allylic oxidation sites excluding steroid dienone is 2. The van der Waals surface area contributed by atoms with Crippen LogP contribution in [0.25, 0.3) is 0 Å². The third-order valence-electron chi connectivity index (χ3n) is 4.07. The van der Waals surface area contributed by atoms with Crippen LogP contribution in [0.1, 0.15) is 32.6 Å². The van der Waals surface area contributed by atoms with Gasteiger partial charge in [0.05, 0.1) is 22.5 Å². The van der Waals surface area contributed by atoms with Gasteiger partial charge in [-0.25, -0.2) is 0 Å². The first-order chi connectivity index (χ1) is 11.9. The highest BCUT2D eigenvalue weighted by molar-refractivity contribution is 6.34. The molecular weight excluding hydrogens is 344 g/mol. The Morgan fingerprint density at radius 1 is 1.16 bits per heavy atom. The van der Waals surface area contributed by atoms with Crippen LogP contribution >= 0.6 is 11.6 Å². The zero-order valence-electron chi connectivity index (χ0n) is 13.9. The highest BCUT2D eigenvalue weighted by atomic mass is 35.5. The smallest absolute Gasteiger partial charge is 0.307 e. The Morgan fingerprint density at radius 3 is 2.48 bits per heavy atom. The average molecular weight is 365 g/mol. The van der Waals surface area contributed by atoms with Gasteiger partial charge in [0.1, 0.15) is 0 Å². The standard InChI is InChI=1S/C18H21ClN2O4/c1-2-5-16(22)20-11-8-9-14(19)15(10-11)21-17(23)12-6-3-4-7-13(12)18(24)25/h3-4,8-10,12-13H,2,5-7H2,1H3,(H,20,22)(H,21,23)(H,24,25). The molecule has 0 spiro atoms. The van der Waals surface area contributed by atoms with Crippen LogP contribution in [0.5, 0.6) is 0 Å². The zero-order valence-corrected chi connectivity index (χ0v) is 14.7. The van der Waals surface area contributed by atoms with Gasteiger partial charge in [-0.05, 0) is 37.5 Å². The first-order valence-electron chi connectivity index (χ1n) is 8.20. The molecule has 0 saturated heterocycles. The van der Waals surface area contributed by atoms with Crippen LogP contribution in [-0.4, -0.2) is 22.9 Å². The lowest BCUT2D eigenvalue weighted by Crippen LogP contribution is -2.34. The molecule has 0 heterocycles. The minimum Gasteiger partial charge on any atom is -0.481 e. The summed E-state index contributed by atoms with van der Waals surface area (Å²) in [7, 11) is 0. The average Bonchev–Trinajstić information content (AvgIpc) is 2.58. The molecule has 7 heteroatoms. The second-order valence-corrected chi connectivity index (χ2v) is 6.38. The fourth-order valence-electron chi connectivity index (χ4n) is 2.75. The minimum atomic E-state index is -0.990. The molecule has 0 bridgehead atoms. The molecule has 6 nitrogen and oxygen atoms in total. The van der Waals surface area contributed by atoms with Crippen LogP contribution in [0, 0.1) is 11.8 Å². The molecule has 2 rings (SSSR count). The zero-order chi connectivity index (χ0) is 18.4. The van der Waals surface area contributed by atoms with Crippen molar-refractivity contribution in [2.45, 2.75) is 32.6 Å². The highest BCUT2D eigenvalue weighted by Gasteiger charge is 2.34. The number of carbonyl (C=O) groups excluding carboxylic acids is 2. The monoisotopic (exact) mass is 364 g/mol. The van der Waals surface area contributed by atoms with Gasteiger partial charge in [0.15, 0.2) is 0 Å². The minimum absolute atomic E-state index is 0.120. The van der Waals surface area contributed by atoms with Crippen LogP contribution in [0.15, 0.2) is 30.4 Å². The van der Waals surface area contributed by atoms with E-state index in [0.29, 0.717) is 35.7 Å². The molecular formula is C18H21ClN2O4. The summed E-state index contributed by atoms with van der Waals surface area (Å²) in [5.74, 6) is -2.91. The summed E-state index contributed by atoms with van der Waals surface area (Å²) in [6.07, 6.45) is 5.42. The number of rotatable bonds is 6. The molecule has 1 aromatic rings. The van der Waals surface area contributed by atoms with Crippen molar-refractivity contribution in [2.24, 2.45) is 11.8 Å². The summed E-state index contributed by atoms with van der Waals surface area (Å²) >= 11 is 6.12. The van der Waals surface area contributed by atoms with Crippen LogP contribution in [0.2, 0.25) is 5.02 Å². The fourth-order valence-corrected chi connectivity index (χ4v) is 2.92.